The van der Waals surface area contributed by atoms with E-state index in [1.165, 1.54) is 0 Å². The first kappa shape index (κ1) is 10.3. The molecule has 0 saturated carbocycles. The zero-order chi connectivity index (χ0) is 9.68. The van der Waals surface area contributed by atoms with Crippen LogP contribution in [0.15, 0.2) is 0 Å². The first-order valence-corrected chi connectivity index (χ1v) is 4.56. The smallest absolute Gasteiger partial charge is 0.317 e. The molecule has 0 aromatic heterocycles. The number of nitrogens with zero attached hydrogens (tertiary/aromatic N) is 2. The number of carbonyl (C=O) groups is 1. The van der Waals surface area contributed by atoms with Crippen LogP contribution in [-0.2, 0) is 0 Å². The van der Waals surface area contributed by atoms with E-state index >= 15 is 0 Å². The molecule has 1 aliphatic rings. The fraction of sp³-hybridized carbons (Fsp3) is 0.875. The van der Waals surface area contributed by atoms with Gasteiger partial charge in [0.25, 0.3) is 0 Å². The van der Waals surface area contributed by atoms with E-state index in [2.05, 4.69) is 10.2 Å². The maximum atomic E-state index is 11.3. The molecule has 2 N–H and O–H groups in total. The number of rotatable bonds is 2. The standard InChI is InChI=1S/C8H17N3O2/c1-10-3-5-11(6-4-10)8(13)9-2-7-12/h12H,2-7H2,1H3,(H,9,13). The average Bonchev–Trinajstić information content (AvgIpc) is 2.15. The number of urea groups is 1. The quantitative estimate of drug-likeness (QED) is 0.579. The normalized spacial score (nSPS) is 18.8. The zero-order valence-electron chi connectivity index (χ0n) is 7.99. The molecule has 0 spiro atoms. The van der Waals surface area contributed by atoms with Crippen LogP contribution >= 0.6 is 0 Å². The Kier molecular flexibility index (Phi) is 3.98. The van der Waals surface area contributed by atoms with E-state index < -0.39 is 0 Å². The summed E-state index contributed by atoms with van der Waals surface area (Å²) in [6, 6.07) is -0.0675. The van der Waals surface area contributed by atoms with Gasteiger partial charge in [0.15, 0.2) is 0 Å². The molecule has 0 bridgehead atoms. The average molecular weight is 187 g/mol. The number of aliphatic hydroxyl groups is 1. The fourth-order valence-electron chi connectivity index (χ4n) is 1.28. The van der Waals surface area contributed by atoms with Crippen molar-refractivity contribution in [2.45, 2.75) is 0 Å². The molecule has 1 fully saturated rings. The highest BCUT2D eigenvalue weighted by molar-refractivity contribution is 5.74. The first-order chi connectivity index (χ1) is 6.24. The predicted molar refractivity (Wildman–Crippen MR) is 49.6 cm³/mol. The summed E-state index contributed by atoms with van der Waals surface area (Å²) in [5.74, 6) is 0. The molecule has 5 heteroatoms. The summed E-state index contributed by atoms with van der Waals surface area (Å²) in [7, 11) is 2.04. The van der Waals surface area contributed by atoms with Crippen molar-refractivity contribution in [1.82, 2.24) is 15.1 Å². The molecule has 0 radical (unpaired) electrons. The summed E-state index contributed by atoms with van der Waals surface area (Å²) >= 11 is 0. The molecule has 0 aromatic rings. The van der Waals surface area contributed by atoms with Crippen LogP contribution in [0.2, 0.25) is 0 Å². The summed E-state index contributed by atoms with van der Waals surface area (Å²) in [6.45, 7) is 3.73. The van der Waals surface area contributed by atoms with Crippen LogP contribution in [0.25, 0.3) is 0 Å². The van der Waals surface area contributed by atoms with Crippen molar-refractivity contribution < 1.29 is 9.90 Å². The molecule has 0 atom stereocenters. The van der Waals surface area contributed by atoms with Gasteiger partial charge in [0, 0.05) is 32.7 Å². The van der Waals surface area contributed by atoms with Crippen molar-refractivity contribution in [3.8, 4) is 0 Å². The van der Waals surface area contributed by atoms with E-state index in [1.807, 2.05) is 7.05 Å². The molecule has 13 heavy (non-hydrogen) atoms. The van der Waals surface area contributed by atoms with Crippen LogP contribution in [0.5, 0.6) is 0 Å². The number of piperazine rings is 1. The third kappa shape index (κ3) is 3.20. The summed E-state index contributed by atoms with van der Waals surface area (Å²) in [5, 5.41) is 11.1. The molecule has 1 heterocycles. The van der Waals surface area contributed by atoms with Crippen LogP contribution in [0.3, 0.4) is 0 Å². The fourth-order valence-corrected chi connectivity index (χ4v) is 1.28. The van der Waals surface area contributed by atoms with Crippen molar-refractivity contribution in [2.24, 2.45) is 0 Å². The van der Waals surface area contributed by atoms with Gasteiger partial charge < -0.3 is 20.2 Å². The maximum Gasteiger partial charge on any atom is 0.317 e. The number of hydrogen-bond donors (Lipinski definition) is 2. The number of hydrogen-bond acceptors (Lipinski definition) is 3. The molecule has 1 aliphatic heterocycles. The minimum Gasteiger partial charge on any atom is -0.395 e. The van der Waals surface area contributed by atoms with Gasteiger partial charge in [-0.15, -0.1) is 0 Å². The summed E-state index contributed by atoms with van der Waals surface area (Å²) in [6.07, 6.45) is 0. The number of likely N-dealkylation sites (N-methyl/N-ethyl adjacent to an activating group) is 1. The summed E-state index contributed by atoms with van der Waals surface area (Å²) < 4.78 is 0. The Hall–Kier alpha value is -0.810. The number of amides is 2. The molecule has 0 unspecified atom stereocenters. The largest absolute Gasteiger partial charge is 0.395 e. The van der Waals surface area contributed by atoms with Gasteiger partial charge in [-0.3, -0.25) is 0 Å². The van der Waals surface area contributed by atoms with Gasteiger partial charge in [0.2, 0.25) is 0 Å². The lowest BCUT2D eigenvalue weighted by Gasteiger charge is -2.32. The Morgan fingerprint density at radius 1 is 1.38 bits per heavy atom. The Balaban J connectivity index is 2.23. The minimum absolute atomic E-state index is 0.000513. The molecule has 1 saturated heterocycles. The van der Waals surface area contributed by atoms with Crippen LogP contribution < -0.4 is 5.32 Å². The highest BCUT2D eigenvalue weighted by atomic mass is 16.3. The Morgan fingerprint density at radius 3 is 2.54 bits per heavy atom. The molecule has 5 nitrogen and oxygen atoms in total. The van der Waals surface area contributed by atoms with Crippen LogP contribution in [0, 0.1) is 0 Å². The second kappa shape index (κ2) is 5.04. The van der Waals surface area contributed by atoms with Gasteiger partial charge in [-0.1, -0.05) is 0 Å². The van der Waals surface area contributed by atoms with Crippen LogP contribution in [-0.4, -0.2) is 67.3 Å². The van der Waals surface area contributed by atoms with Gasteiger partial charge in [0.1, 0.15) is 0 Å². The number of aliphatic hydroxyl groups excluding tert-OH is 1. The summed E-state index contributed by atoms with van der Waals surface area (Å²) in [4.78, 5) is 15.3. The van der Waals surface area contributed by atoms with Crippen molar-refractivity contribution in [1.29, 1.82) is 0 Å². The molecule has 1 rings (SSSR count). The maximum absolute atomic E-state index is 11.3. The second-order valence-electron chi connectivity index (χ2n) is 3.25. The van der Waals surface area contributed by atoms with E-state index in [1.54, 1.807) is 4.90 Å². The first-order valence-electron chi connectivity index (χ1n) is 4.56. The minimum atomic E-state index is -0.0675. The van der Waals surface area contributed by atoms with Crippen molar-refractivity contribution in [3.63, 3.8) is 0 Å². The molecular weight excluding hydrogens is 170 g/mol. The lowest BCUT2D eigenvalue weighted by molar-refractivity contribution is 0.152. The Labute approximate surface area is 78.3 Å². The van der Waals surface area contributed by atoms with Gasteiger partial charge in [0.05, 0.1) is 6.61 Å². The second-order valence-corrected chi connectivity index (χ2v) is 3.25. The van der Waals surface area contributed by atoms with Crippen LogP contribution in [0.4, 0.5) is 4.79 Å². The Morgan fingerprint density at radius 2 is 2.00 bits per heavy atom. The van der Waals surface area contributed by atoms with Crippen molar-refractivity contribution >= 4 is 6.03 Å². The molecular formula is C8H17N3O2. The van der Waals surface area contributed by atoms with Gasteiger partial charge in [-0.2, -0.15) is 0 Å². The third-order valence-corrected chi connectivity index (χ3v) is 2.18. The predicted octanol–water partition coefficient (Wildman–Crippen LogP) is -1.06. The zero-order valence-corrected chi connectivity index (χ0v) is 7.99. The highest BCUT2D eigenvalue weighted by Crippen LogP contribution is 1.98. The van der Waals surface area contributed by atoms with Gasteiger partial charge in [-0.25, -0.2) is 4.79 Å². The van der Waals surface area contributed by atoms with Crippen molar-refractivity contribution in [2.75, 3.05) is 46.4 Å². The lowest BCUT2D eigenvalue weighted by Crippen LogP contribution is -2.51. The summed E-state index contributed by atoms with van der Waals surface area (Å²) in [5.41, 5.74) is 0. The van der Waals surface area contributed by atoms with Gasteiger partial charge >= 0.3 is 6.03 Å². The van der Waals surface area contributed by atoms with Crippen LogP contribution in [0.1, 0.15) is 0 Å². The monoisotopic (exact) mass is 187 g/mol. The Bertz CT molecular complexity index is 167. The van der Waals surface area contributed by atoms with E-state index in [0.29, 0.717) is 6.54 Å². The SMILES string of the molecule is CN1CCN(C(=O)NCCO)CC1. The number of nitrogens with one attached hydrogen (secondary N) is 1. The topological polar surface area (TPSA) is 55.8 Å². The van der Waals surface area contributed by atoms with E-state index in [9.17, 15) is 4.79 Å². The van der Waals surface area contributed by atoms with Crippen molar-refractivity contribution in [3.05, 3.63) is 0 Å². The third-order valence-electron chi connectivity index (χ3n) is 2.18. The van der Waals surface area contributed by atoms with E-state index in [0.717, 1.165) is 26.2 Å². The molecule has 76 valence electrons. The van der Waals surface area contributed by atoms with E-state index in [-0.39, 0.29) is 12.6 Å². The molecule has 0 aliphatic carbocycles. The van der Waals surface area contributed by atoms with Gasteiger partial charge in [-0.05, 0) is 7.05 Å². The number of carbonyl (C=O) groups excluding carboxylic acids is 1. The van der Waals surface area contributed by atoms with E-state index in [4.69, 9.17) is 5.11 Å². The molecule has 2 amide bonds. The highest BCUT2D eigenvalue weighted by Gasteiger charge is 2.17. The molecule has 0 aromatic carbocycles. The lowest BCUT2D eigenvalue weighted by atomic mass is 10.3.